The van der Waals surface area contributed by atoms with Gasteiger partial charge in [0.1, 0.15) is 11.3 Å². The molecule has 0 aliphatic carbocycles. The highest BCUT2D eigenvalue weighted by Crippen LogP contribution is 2.23. The average Bonchev–Trinajstić information content (AvgIpc) is 2.77. The third kappa shape index (κ3) is 5.65. The Morgan fingerprint density at radius 1 is 0.931 bits per heavy atom. The highest BCUT2D eigenvalue weighted by atomic mass is 16.5. The molecule has 1 heterocycles. The Hall–Kier alpha value is -3.67. The van der Waals surface area contributed by atoms with Crippen LogP contribution < -0.4 is 4.74 Å². The van der Waals surface area contributed by atoms with Gasteiger partial charge in [-0.2, -0.15) is 0 Å². The molecule has 1 aromatic heterocycles. The number of hydrogen-bond acceptors (Lipinski definition) is 5. The summed E-state index contributed by atoms with van der Waals surface area (Å²) >= 11 is 0. The second-order valence-electron chi connectivity index (χ2n) is 6.24. The summed E-state index contributed by atoms with van der Waals surface area (Å²) in [5.74, 6) is -0.239. The predicted octanol–water partition coefficient (Wildman–Crippen LogP) is 4.08. The van der Waals surface area contributed by atoms with E-state index in [1.54, 1.807) is 29.2 Å². The summed E-state index contributed by atoms with van der Waals surface area (Å²) < 4.78 is 10.9. The van der Waals surface area contributed by atoms with E-state index in [1.807, 2.05) is 55.5 Å². The Morgan fingerprint density at radius 2 is 1.62 bits per heavy atom. The maximum absolute atomic E-state index is 12.5. The van der Waals surface area contributed by atoms with Gasteiger partial charge >= 0.3 is 5.97 Å². The van der Waals surface area contributed by atoms with E-state index in [1.165, 1.54) is 6.20 Å². The van der Waals surface area contributed by atoms with Gasteiger partial charge < -0.3 is 14.4 Å². The minimum absolute atomic E-state index is 0.132. The first-order chi connectivity index (χ1) is 14.2. The number of nitrogens with zero attached hydrogens (tertiary/aromatic N) is 2. The van der Waals surface area contributed by atoms with Gasteiger partial charge in [0.15, 0.2) is 6.61 Å². The molecule has 2 aromatic carbocycles. The van der Waals surface area contributed by atoms with Crippen LogP contribution >= 0.6 is 0 Å². The van der Waals surface area contributed by atoms with Crippen LogP contribution in [0.1, 0.15) is 22.8 Å². The number of carbonyl (C=O) groups excluding carboxylic acids is 2. The van der Waals surface area contributed by atoms with Gasteiger partial charge in [-0.05, 0) is 36.8 Å². The van der Waals surface area contributed by atoms with Crippen molar-refractivity contribution >= 4 is 11.9 Å². The summed E-state index contributed by atoms with van der Waals surface area (Å²) in [6, 6.07) is 21.9. The zero-order chi connectivity index (χ0) is 20.5. The lowest BCUT2D eigenvalue weighted by atomic mass is 10.2. The molecule has 3 aromatic rings. The van der Waals surface area contributed by atoms with E-state index in [9.17, 15) is 9.59 Å². The average molecular weight is 390 g/mol. The number of carbonyl (C=O) groups is 2. The Labute approximate surface area is 169 Å². The molecule has 0 saturated heterocycles. The first-order valence-corrected chi connectivity index (χ1v) is 9.34. The molecule has 148 valence electrons. The van der Waals surface area contributed by atoms with Crippen molar-refractivity contribution in [2.75, 3.05) is 13.2 Å². The first-order valence-electron chi connectivity index (χ1n) is 9.34. The van der Waals surface area contributed by atoms with Gasteiger partial charge in [0.2, 0.25) is 5.88 Å². The molecule has 0 N–H and O–H groups in total. The number of amides is 1. The Bertz CT molecular complexity index is 945. The molecule has 0 bridgehead atoms. The number of ether oxygens (including phenoxy) is 2. The van der Waals surface area contributed by atoms with Crippen LogP contribution in [0.4, 0.5) is 0 Å². The van der Waals surface area contributed by atoms with Crippen molar-refractivity contribution in [3.63, 3.8) is 0 Å². The quantitative estimate of drug-likeness (QED) is 0.542. The van der Waals surface area contributed by atoms with Gasteiger partial charge in [0.25, 0.3) is 5.91 Å². The zero-order valence-corrected chi connectivity index (χ0v) is 16.2. The predicted molar refractivity (Wildman–Crippen MR) is 109 cm³/mol. The summed E-state index contributed by atoms with van der Waals surface area (Å²) in [7, 11) is 0. The molecular formula is C23H22N2O4. The molecule has 6 heteroatoms. The van der Waals surface area contributed by atoms with Crippen LogP contribution in [0.2, 0.25) is 0 Å². The first kappa shape index (κ1) is 20.1. The van der Waals surface area contributed by atoms with E-state index in [2.05, 4.69) is 4.98 Å². The maximum atomic E-state index is 12.5. The van der Waals surface area contributed by atoms with Crippen molar-refractivity contribution in [2.45, 2.75) is 13.5 Å². The topological polar surface area (TPSA) is 68.7 Å². The smallest absolute Gasteiger partial charge is 0.344 e. The van der Waals surface area contributed by atoms with Crippen molar-refractivity contribution in [2.24, 2.45) is 0 Å². The second kappa shape index (κ2) is 10.0. The van der Waals surface area contributed by atoms with Crippen LogP contribution in [0.3, 0.4) is 0 Å². The van der Waals surface area contributed by atoms with E-state index in [0.29, 0.717) is 18.8 Å². The third-order valence-electron chi connectivity index (χ3n) is 4.23. The number of para-hydroxylation sites is 1. The fourth-order valence-electron chi connectivity index (χ4n) is 2.70. The fourth-order valence-corrected chi connectivity index (χ4v) is 2.70. The molecule has 0 saturated carbocycles. The van der Waals surface area contributed by atoms with Gasteiger partial charge in [0.05, 0.1) is 0 Å². The van der Waals surface area contributed by atoms with Crippen molar-refractivity contribution in [3.8, 4) is 11.6 Å². The van der Waals surface area contributed by atoms with Gasteiger partial charge in [0, 0.05) is 19.3 Å². The highest BCUT2D eigenvalue weighted by molar-refractivity contribution is 5.93. The molecule has 0 aliphatic rings. The molecule has 0 radical (unpaired) electrons. The van der Waals surface area contributed by atoms with Crippen LogP contribution in [0, 0.1) is 0 Å². The molecule has 0 aliphatic heterocycles. The van der Waals surface area contributed by atoms with Crippen LogP contribution in [0.5, 0.6) is 11.6 Å². The fraction of sp³-hybridized carbons (Fsp3) is 0.174. The molecule has 6 nitrogen and oxygen atoms in total. The molecule has 0 unspecified atom stereocenters. The van der Waals surface area contributed by atoms with Crippen molar-refractivity contribution < 1.29 is 19.1 Å². The molecule has 1 amide bonds. The van der Waals surface area contributed by atoms with Crippen molar-refractivity contribution in [1.82, 2.24) is 9.88 Å². The van der Waals surface area contributed by atoms with Crippen LogP contribution in [-0.4, -0.2) is 34.9 Å². The summed E-state index contributed by atoms with van der Waals surface area (Å²) in [5.41, 5.74) is 1.18. The summed E-state index contributed by atoms with van der Waals surface area (Å²) in [6.45, 7) is 2.51. The van der Waals surface area contributed by atoms with E-state index in [0.717, 1.165) is 5.56 Å². The van der Waals surface area contributed by atoms with Gasteiger partial charge in [-0.3, -0.25) is 4.79 Å². The number of hydrogen-bond donors (Lipinski definition) is 0. The highest BCUT2D eigenvalue weighted by Gasteiger charge is 2.19. The minimum Gasteiger partial charge on any atom is -0.452 e. The third-order valence-corrected chi connectivity index (χ3v) is 4.23. The molecule has 3 rings (SSSR count). The lowest BCUT2D eigenvalue weighted by molar-refractivity contribution is -0.134. The number of esters is 1. The van der Waals surface area contributed by atoms with Crippen LogP contribution in [0.15, 0.2) is 79.0 Å². The van der Waals surface area contributed by atoms with Gasteiger partial charge in [-0.25, -0.2) is 9.78 Å². The van der Waals surface area contributed by atoms with E-state index in [4.69, 9.17) is 9.47 Å². The van der Waals surface area contributed by atoms with Gasteiger partial charge in [-0.1, -0.05) is 48.5 Å². The molecule has 0 spiro atoms. The van der Waals surface area contributed by atoms with E-state index < -0.39 is 5.97 Å². The Kier molecular flexibility index (Phi) is 6.95. The number of rotatable bonds is 8. The summed E-state index contributed by atoms with van der Waals surface area (Å²) in [4.78, 5) is 30.8. The van der Waals surface area contributed by atoms with Crippen LogP contribution in [0.25, 0.3) is 0 Å². The molecule has 0 fully saturated rings. The van der Waals surface area contributed by atoms with Gasteiger partial charge in [-0.15, -0.1) is 0 Å². The minimum atomic E-state index is -0.659. The number of pyridine rings is 1. The van der Waals surface area contributed by atoms with Crippen molar-refractivity contribution in [3.05, 3.63) is 90.1 Å². The van der Waals surface area contributed by atoms with E-state index >= 15 is 0 Å². The maximum Gasteiger partial charge on any atom is 0.344 e. The second-order valence-corrected chi connectivity index (χ2v) is 6.24. The largest absolute Gasteiger partial charge is 0.452 e. The lowest BCUT2D eigenvalue weighted by Gasteiger charge is -2.21. The van der Waals surface area contributed by atoms with Crippen molar-refractivity contribution in [1.29, 1.82) is 0 Å². The van der Waals surface area contributed by atoms with E-state index in [-0.39, 0.29) is 24.0 Å². The normalized spacial score (nSPS) is 10.2. The summed E-state index contributed by atoms with van der Waals surface area (Å²) in [5, 5.41) is 0. The Balaban J connectivity index is 1.62. The molecular weight excluding hydrogens is 368 g/mol. The SMILES string of the molecule is CCN(Cc1ccccc1)C(=O)COC(=O)c1cccnc1Oc1ccccc1. The summed E-state index contributed by atoms with van der Waals surface area (Å²) in [6.07, 6.45) is 1.53. The number of benzene rings is 2. The lowest BCUT2D eigenvalue weighted by Crippen LogP contribution is -2.34. The number of aromatic nitrogens is 1. The molecule has 29 heavy (non-hydrogen) atoms. The Morgan fingerprint density at radius 3 is 2.31 bits per heavy atom. The standard InChI is InChI=1S/C23H22N2O4/c1-2-25(16-18-10-5-3-6-11-18)21(26)17-28-23(27)20-14-9-15-24-22(20)29-19-12-7-4-8-13-19/h3-15H,2,16-17H2,1H3. The molecule has 0 atom stereocenters. The monoisotopic (exact) mass is 390 g/mol. The van der Waals surface area contributed by atoms with Crippen LogP contribution in [-0.2, 0) is 16.1 Å². The zero-order valence-electron chi connectivity index (χ0n) is 16.2. The number of likely N-dealkylation sites (N-methyl/N-ethyl adjacent to an activating group) is 1.